The van der Waals surface area contributed by atoms with Gasteiger partial charge in [-0.25, -0.2) is 0 Å². The fourth-order valence-electron chi connectivity index (χ4n) is 2.53. The number of nitrogens with zero attached hydrogens (tertiary/aromatic N) is 1. The fraction of sp³-hybridized carbons (Fsp3) is 0.833. The lowest BCUT2D eigenvalue weighted by Crippen LogP contribution is -2.50. The van der Waals surface area contributed by atoms with E-state index in [1.165, 1.54) is 4.90 Å². The summed E-state index contributed by atoms with van der Waals surface area (Å²) >= 11 is 2.36. The van der Waals surface area contributed by atoms with E-state index in [4.69, 9.17) is 0 Å². The lowest BCUT2D eigenvalue weighted by atomic mass is 9.91. The predicted octanol–water partition coefficient (Wildman–Crippen LogP) is 2.76. The van der Waals surface area contributed by atoms with Crippen LogP contribution in [0.25, 0.3) is 0 Å². The minimum atomic E-state index is -0.385. The summed E-state index contributed by atoms with van der Waals surface area (Å²) in [6, 6.07) is 0. The highest BCUT2D eigenvalue weighted by Gasteiger charge is 2.45. The van der Waals surface area contributed by atoms with E-state index in [1.807, 2.05) is 20.8 Å². The molecular formula is C12H20INO2. The summed E-state index contributed by atoms with van der Waals surface area (Å²) in [6.07, 6.45) is 1.18. The van der Waals surface area contributed by atoms with Crippen LogP contribution in [0, 0.1) is 5.92 Å². The molecule has 4 heteroatoms. The molecule has 0 saturated carbocycles. The standard InChI is InChI=1S/C12H20INO2/c1-8-6-9(15)14(10(8)16)12(4,5)7-11(2,3)13/h8H,6-7H2,1-5H3. The van der Waals surface area contributed by atoms with Crippen molar-refractivity contribution in [1.82, 2.24) is 4.90 Å². The number of alkyl halides is 1. The van der Waals surface area contributed by atoms with E-state index in [9.17, 15) is 9.59 Å². The summed E-state index contributed by atoms with van der Waals surface area (Å²) < 4.78 is 0.0770. The normalized spacial score (nSPS) is 23.1. The molecule has 1 atom stereocenters. The molecular weight excluding hydrogens is 317 g/mol. The Morgan fingerprint density at radius 1 is 1.31 bits per heavy atom. The van der Waals surface area contributed by atoms with Crippen LogP contribution in [-0.2, 0) is 9.59 Å². The maximum Gasteiger partial charge on any atom is 0.233 e. The topological polar surface area (TPSA) is 37.4 Å². The largest absolute Gasteiger partial charge is 0.277 e. The van der Waals surface area contributed by atoms with E-state index < -0.39 is 0 Å². The smallest absolute Gasteiger partial charge is 0.233 e. The van der Waals surface area contributed by atoms with Gasteiger partial charge >= 0.3 is 0 Å². The van der Waals surface area contributed by atoms with Crippen molar-refractivity contribution in [2.24, 2.45) is 5.92 Å². The first kappa shape index (κ1) is 13.9. The highest BCUT2D eigenvalue weighted by atomic mass is 127. The summed E-state index contributed by atoms with van der Waals surface area (Å²) in [7, 11) is 0. The van der Waals surface area contributed by atoms with Gasteiger partial charge in [0, 0.05) is 21.3 Å². The van der Waals surface area contributed by atoms with Gasteiger partial charge in [0.15, 0.2) is 0 Å². The number of carbonyl (C=O) groups is 2. The Morgan fingerprint density at radius 2 is 1.81 bits per heavy atom. The Labute approximate surface area is 111 Å². The SMILES string of the molecule is CC1CC(=O)N(C(C)(C)CC(C)(C)I)C1=O. The molecule has 1 saturated heterocycles. The highest BCUT2D eigenvalue weighted by molar-refractivity contribution is 14.1. The van der Waals surface area contributed by atoms with Gasteiger partial charge in [0.25, 0.3) is 0 Å². The van der Waals surface area contributed by atoms with Gasteiger partial charge in [0.1, 0.15) is 0 Å². The summed E-state index contributed by atoms with van der Waals surface area (Å²) in [4.78, 5) is 25.3. The van der Waals surface area contributed by atoms with Crippen molar-refractivity contribution in [3.8, 4) is 0 Å². The van der Waals surface area contributed by atoms with Crippen molar-refractivity contribution in [3.05, 3.63) is 0 Å². The first-order valence-electron chi connectivity index (χ1n) is 5.60. The molecule has 0 aliphatic carbocycles. The highest BCUT2D eigenvalue weighted by Crippen LogP contribution is 2.35. The summed E-state index contributed by atoms with van der Waals surface area (Å²) in [5, 5.41) is 0. The molecule has 2 amide bonds. The van der Waals surface area contributed by atoms with Gasteiger partial charge in [0.05, 0.1) is 0 Å². The van der Waals surface area contributed by atoms with Crippen molar-refractivity contribution in [1.29, 1.82) is 0 Å². The second kappa shape index (κ2) is 4.27. The van der Waals surface area contributed by atoms with Crippen LogP contribution in [0.2, 0.25) is 0 Å². The molecule has 0 spiro atoms. The molecule has 0 aromatic rings. The van der Waals surface area contributed by atoms with Crippen molar-refractivity contribution < 1.29 is 9.59 Å². The minimum Gasteiger partial charge on any atom is -0.277 e. The van der Waals surface area contributed by atoms with Gasteiger partial charge in [-0.2, -0.15) is 0 Å². The molecule has 1 unspecified atom stereocenters. The van der Waals surface area contributed by atoms with Gasteiger partial charge in [0.2, 0.25) is 11.8 Å². The number of likely N-dealkylation sites (tertiary alicyclic amines) is 1. The van der Waals surface area contributed by atoms with Crippen molar-refractivity contribution in [2.45, 2.75) is 56.4 Å². The second-order valence-corrected chi connectivity index (χ2v) is 8.80. The van der Waals surface area contributed by atoms with E-state index >= 15 is 0 Å². The molecule has 1 aliphatic heterocycles. The minimum absolute atomic E-state index is 0.0179. The Morgan fingerprint density at radius 3 is 2.12 bits per heavy atom. The van der Waals surface area contributed by atoms with Gasteiger partial charge in [-0.1, -0.05) is 43.4 Å². The van der Waals surface area contributed by atoms with Gasteiger partial charge < -0.3 is 0 Å². The molecule has 1 fully saturated rings. The third kappa shape index (κ3) is 2.96. The predicted molar refractivity (Wildman–Crippen MR) is 72.4 cm³/mol. The molecule has 1 rings (SSSR count). The number of hydrogen-bond acceptors (Lipinski definition) is 2. The molecule has 0 bridgehead atoms. The van der Waals surface area contributed by atoms with Crippen LogP contribution in [-0.4, -0.2) is 25.7 Å². The Hall–Kier alpha value is -0.130. The molecule has 92 valence electrons. The lowest BCUT2D eigenvalue weighted by molar-refractivity contribution is -0.145. The zero-order valence-electron chi connectivity index (χ0n) is 10.6. The van der Waals surface area contributed by atoms with Crippen LogP contribution >= 0.6 is 22.6 Å². The maximum atomic E-state index is 12.0. The van der Waals surface area contributed by atoms with Gasteiger partial charge in [-0.3, -0.25) is 14.5 Å². The molecule has 1 aliphatic rings. The van der Waals surface area contributed by atoms with Crippen LogP contribution in [0.4, 0.5) is 0 Å². The zero-order valence-corrected chi connectivity index (χ0v) is 12.8. The quantitative estimate of drug-likeness (QED) is 0.451. The molecule has 3 nitrogen and oxygen atoms in total. The van der Waals surface area contributed by atoms with E-state index in [1.54, 1.807) is 0 Å². The van der Waals surface area contributed by atoms with Crippen molar-refractivity contribution >= 4 is 34.4 Å². The first-order valence-corrected chi connectivity index (χ1v) is 6.68. The number of hydrogen-bond donors (Lipinski definition) is 0. The molecule has 0 radical (unpaired) electrons. The second-order valence-electron chi connectivity index (χ2n) is 5.88. The number of imide groups is 1. The molecule has 0 aromatic heterocycles. The third-order valence-electron chi connectivity index (χ3n) is 2.83. The third-order valence-corrected chi connectivity index (χ3v) is 3.21. The van der Waals surface area contributed by atoms with Gasteiger partial charge in [-0.05, 0) is 20.3 Å². The van der Waals surface area contributed by atoms with Gasteiger partial charge in [-0.15, -0.1) is 0 Å². The maximum absolute atomic E-state index is 12.0. The number of carbonyl (C=O) groups excluding carboxylic acids is 2. The van der Waals surface area contributed by atoms with Crippen LogP contribution < -0.4 is 0 Å². The fourth-order valence-corrected chi connectivity index (χ4v) is 3.46. The summed E-state index contributed by atoms with van der Waals surface area (Å²) in [5.41, 5.74) is -0.385. The lowest BCUT2D eigenvalue weighted by Gasteiger charge is -2.38. The summed E-state index contributed by atoms with van der Waals surface area (Å²) in [6.45, 7) is 10.0. The van der Waals surface area contributed by atoms with E-state index in [0.717, 1.165) is 6.42 Å². The van der Waals surface area contributed by atoms with Crippen molar-refractivity contribution in [3.63, 3.8) is 0 Å². The van der Waals surface area contributed by atoms with E-state index in [-0.39, 0.29) is 26.7 Å². The van der Waals surface area contributed by atoms with Crippen LogP contribution in [0.3, 0.4) is 0 Å². The number of halogens is 1. The Balaban J connectivity index is 2.91. The van der Waals surface area contributed by atoms with Crippen LogP contribution in [0.5, 0.6) is 0 Å². The Bertz CT molecular complexity index is 317. The average molecular weight is 337 g/mol. The molecule has 1 heterocycles. The van der Waals surface area contributed by atoms with Crippen LogP contribution in [0.15, 0.2) is 0 Å². The number of rotatable bonds is 3. The Kier molecular flexibility index (Phi) is 3.72. The number of amides is 2. The average Bonchev–Trinajstić information content (AvgIpc) is 2.20. The molecule has 16 heavy (non-hydrogen) atoms. The van der Waals surface area contributed by atoms with E-state index in [0.29, 0.717) is 6.42 Å². The summed E-state index contributed by atoms with van der Waals surface area (Å²) in [5.74, 6) is -0.192. The van der Waals surface area contributed by atoms with E-state index in [2.05, 4.69) is 36.4 Å². The molecule has 0 N–H and O–H groups in total. The zero-order chi connectivity index (χ0) is 12.7. The van der Waals surface area contributed by atoms with Crippen molar-refractivity contribution in [2.75, 3.05) is 0 Å². The molecule has 0 aromatic carbocycles. The monoisotopic (exact) mass is 337 g/mol. The first-order chi connectivity index (χ1) is 7.04. The van der Waals surface area contributed by atoms with Crippen LogP contribution in [0.1, 0.15) is 47.5 Å².